The van der Waals surface area contributed by atoms with Gasteiger partial charge in [-0.15, -0.1) is 0 Å². The Bertz CT molecular complexity index is 665. The molecule has 1 aromatic carbocycles. The number of nitrogens with two attached hydrogens (primary N) is 1. The summed E-state index contributed by atoms with van der Waals surface area (Å²) in [4.78, 5) is 9.42. The fraction of sp³-hybridized carbons (Fsp3) is 0.429. The summed E-state index contributed by atoms with van der Waals surface area (Å²) < 4.78 is 5.40. The first kappa shape index (κ1) is 13.1. The first-order valence-corrected chi connectivity index (χ1v) is 7.44. The van der Waals surface area contributed by atoms with Crippen LogP contribution < -0.4 is 5.73 Å². The minimum Gasteiger partial charge on any atom is -0.398 e. The number of fused-ring (bicyclic) bond motifs is 3. The molecule has 1 atom stereocenters. The number of benzene rings is 1. The lowest BCUT2D eigenvalue weighted by atomic mass is 10.1. The summed E-state index contributed by atoms with van der Waals surface area (Å²) in [7, 11) is 0. The number of rotatable bonds is 2. The predicted octanol–water partition coefficient (Wildman–Crippen LogP) is 1.64. The number of anilines is 1. The summed E-state index contributed by atoms with van der Waals surface area (Å²) in [5.74, 6) is 1.24. The van der Waals surface area contributed by atoms with Crippen molar-refractivity contribution in [1.82, 2.24) is 19.9 Å². The highest BCUT2D eigenvalue weighted by atomic mass is 35.5. The van der Waals surface area contributed by atoms with Crippen molar-refractivity contribution in [3.8, 4) is 11.5 Å². The molecular weight excluding hydrogens is 290 g/mol. The quantitative estimate of drug-likeness (QED) is 0.851. The zero-order valence-electron chi connectivity index (χ0n) is 11.5. The molecule has 1 aromatic heterocycles. The Balaban J connectivity index is 1.62. The van der Waals surface area contributed by atoms with Crippen molar-refractivity contribution >= 4 is 17.3 Å². The van der Waals surface area contributed by atoms with Gasteiger partial charge in [-0.2, -0.15) is 4.98 Å². The Hall–Kier alpha value is -1.63. The van der Waals surface area contributed by atoms with Gasteiger partial charge >= 0.3 is 0 Å². The van der Waals surface area contributed by atoms with E-state index in [1.54, 1.807) is 12.1 Å². The maximum atomic E-state index is 5.93. The molecule has 1 unspecified atom stereocenters. The molecule has 3 fully saturated rings. The van der Waals surface area contributed by atoms with E-state index in [1.807, 2.05) is 6.07 Å². The van der Waals surface area contributed by atoms with E-state index in [9.17, 15) is 0 Å². The van der Waals surface area contributed by atoms with Crippen LogP contribution in [0, 0.1) is 0 Å². The molecule has 0 aliphatic carbocycles. The van der Waals surface area contributed by atoms with Gasteiger partial charge in [0.2, 0.25) is 0 Å². The summed E-state index contributed by atoms with van der Waals surface area (Å²) in [5, 5.41) is 4.69. The highest BCUT2D eigenvalue weighted by molar-refractivity contribution is 6.33. The fourth-order valence-corrected chi connectivity index (χ4v) is 3.14. The monoisotopic (exact) mass is 305 g/mol. The van der Waals surface area contributed by atoms with Gasteiger partial charge in [-0.25, -0.2) is 0 Å². The molecule has 4 heterocycles. The Morgan fingerprint density at radius 1 is 1.24 bits per heavy atom. The van der Waals surface area contributed by atoms with Crippen LogP contribution in [-0.4, -0.2) is 52.7 Å². The minimum absolute atomic E-state index is 0.231. The number of nitrogen functional groups attached to an aromatic ring is 1. The number of hydrogen-bond acceptors (Lipinski definition) is 6. The highest BCUT2D eigenvalue weighted by Crippen LogP contribution is 2.30. The van der Waals surface area contributed by atoms with Crippen molar-refractivity contribution in [1.29, 1.82) is 0 Å². The number of hydrogen-bond donors (Lipinski definition) is 1. The van der Waals surface area contributed by atoms with Gasteiger partial charge in [-0.1, -0.05) is 16.8 Å². The summed E-state index contributed by atoms with van der Waals surface area (Å²) in [6, 6.07) is 5.58. The Labute approximate surface area is 127 Å². The summed E-state index contributed by atoms with van der Waals surface area (Å²) in [5.41, 5.74) is 7.13. The van der Waals surface area contributed by atoms with Crippen LogP contribution in [0.2, 0.25) is 5.02 Å². The first-order chi connectivity index (χ1) is 10.2. The number of nitrogens with zero attached hydrogens (tertiary/aromatic N) is 4. The molecular formula is C14H16ClN5O. The van der Waals surface area contributed by atoms with E-state index in [2.05, 4.69) is 19.9 Å². The Morgan fingerprint density at radius 2 is 2.05 bits per heavy atom. The van der Waals surface area contributed by atoms with Gasteiger partial charge in [-0.3, -0.25) is 9.80 Å². The molecule has 0 spiro atoms. The average Bonchev–Trinajstić information content (AvgIpc) is 3.01. The molecule has 7 heteroatoms. The zero-order chi connectivity index (χ0) is 14.4. The molecule has 110 valence electrons. The van der Waals surface area contributed by atoms with Crippen LogP contribution in [0.4, 0.5) is 5.69 Å². The van der Waals surface area contributed by atoms with Crippen molar-refractivity contribution < 1.29 is 4.52 Å². The van der Waals surface area contributed by atoms with E-state index in [0.29, 0.717) is 16.6 Å². The van der Waals surface area contributed by atoms with Gasteiger partial charge in [-0.05, 0) is 18.2 Å². The molecule has 3 aliphatic rings. The van der Waals surface area contributed by atoms with Crippen molar-refractivity contribution in [3.63, 3.8) is 0 Å². The van der Waals surface area contributed by atoms with Crippen molar-refractivity contribution in [2.45, 2.75) is 6.04 Å². The van der Waals surface area contributed by atoms with Crippen molar-refractivity contribution in [2.75, 3.05) is 38.5 Å². The lowest BCUT2D eigenvalue weighted by molar-refractivity contribution is 0.00781. The van der Waals surface area contributed by atoms with E-state index in [-0.39, 0.29) is 6.04 Å². The molecule has 5 rings (SSSR count). The van der Waals surface area contributed by atoms with E-state index in [0.717, 1.165) is 44.1 Å². The van der Waals surface area contributed by atoms with E-state index in [1.165, 1.54) is 0 Å². The second kappa shape index (κ2) is 4.98. The van der Waals surface area contributed by atoms with Crippen LogP contribution in [0.5, 0.6) is 0 Å². The van der Waals surface area contributed by atoms with Crippen molar-refractivity contribution in [2.24, 2.45) is 0 Å². The van der Waals surface area contributed by atoms with E-state index in [4.69, 9.17) is 21.9 Å². The molecule has 0 radical (unpaired) electrons. The molecule has 3 aliphatic heterocycles. The maximum absolute atomic E-state index is 5.93. The van der Waals surface area contributed by atoms with Crippen LogP contribution in [-0.2, 0) is 0 Å². The zero-order valence-corrected chi connectivity index (χ0v) is 12.3. The van der Waals surface area contributed by atoms with Crippen LogP contribution >= 0.6 is 11.6 Å². The second-order valence-electron chi connectivity index (χ2n) is 5.55. The molecule has 2 aromatic rings. The summed E-state index contributed by atoms with van der Waals surface area (Å²) >= 11 is 5.93. The molecule has 6 nitrogen and oxygen atoms in total. The molecule has 21 heavy (non-hydrogen) atoms. The lowest BCUT2D eigenvalue weighted by Crippen LogP contribution is -2.57. The van der Waals surface area contributed by atoms with E-state index < -0.39 is 0 Å². The maximum Gasteiger partial charge on any atom is 0.258 e. The standard InChI is InChI=1S/C14H16ClN5O/c15-10-2-1-9(7-11(10)16)14-17-13(18-21-14)12-8-19-3-5-20(12)6-4-19/h1-2,7,12H,3-6,8,16H2. The smallest absolute Gasteiger partial charge is 0.258 e. The van der Waals surface area contributed by atoms with Gasteiger partial charge in [0, 0.05) is 38.3 Å². The normalized spacial score (nSPS) is 28.0. The topological polar surface area (TPSA) is 71.4 Å². The lowest BCUT2D eigenvalue weighted by Gasteiger charge is -2.46. The van der Waals surface area contributed by atoms with Crippen LogP contribution in [0.1, 0.15) is 11.9 Å². The molecule has 3 saturated heterocycles. The van der Waals surface area contributed by atoms with Gasteiger partial charge in [0.05, 0.1) is 16.8 Å². The largest absolute Gasteiger partial charge is 0.398 e. The number of halogens is 1. The minimum atomic E-state index is 0.231. The molecule has 0 amide bonds. The molecule has 2 bridgehead atoms. The third kappa shape index (κ3) is 2.29. The Morgan fingerprint density at radius 3 is 2.71 bits per heavy atom. The third-order valence-electron chi connectivity index (χ3n) is 4.26. The predicted molar refractivity (Wildman–Crippen MR) is 79.9 cm³/mol. The average molecular weight is 306 g/mol. The summed E-state index contributed by atoms with van der Waals surface area (Å²) in [6.07, 6.45) is 0. The van der Waals surface area contributed by atoms with Crippen LogP contribution in [0.25, 0.3) is 11.5 Å². The number of aromatic nitrogens is 2. The van der Waals surface area contributed by atoms with Crippen LogP contribution in [0.3, 0.4) is 0 Å². The van der Waals surface area contributed by atoms with Crippen molar-refractivity contribution in [3.05, 3.63) is 29.0 Å². The Kier molecular flexibility index (Phi) is 3.10. The SMILES string of the molecule is Nc1cc(-c2nc(C3CN4CCN3CC4)no2)ccc1Cl. The second-order valence-corrected chi connectivity index (χ2v) is 5.95. The fourth-order valence-electron chi connectivity index (χ4n) is 3.03. The highest BCUT2D eigenvalue weighted by Gasteiger charge is 2.35. The molecule has 0 saturated carbocycles. The number of piperazine rings is 3. The van der Waals surface area contributed by atoms with E-state index >= 15 is 0 Å². The van der Waals surface area contributed by atoms with Crippen LogP contribution in [0.15, 0.2) is 22.7 Å². The van der Waals surface area contributed by atoms with Gasteiger partial charge in [0.25, 0.3) is 5.89 Å². The van der Waals surface area contributed by atoms with Gasteiger partial charge in [0.15, 0.2) is 5.82 Å². The van der Waals surface area contributed by atoms with Gasteiger partial charge < -0.3 is 10.3 Å². The first-order valence-electron chi connectivity index (χ1n) is 7.06. The molecule has 2 N–H and O–H groups in total. The van der Waals surface area contributed by atoms with Gasteiger partial charge in [0.1, 0.15) is 0 Å². The summed E-state index contributed by atoms with van der Waals surface area (Å²) in [6.45, 7) is 5.39. The third-order valence-corrected chi connectivity index (χ3v) is 4.61.